The first-order valence-electron chi connectivity index (χ1n) is 16.3. The van der Waals surface area contributed by atoms with E-state index >= 15 is 0 Å². The van der Waals surface area contributed by atoms with Crippen LogP contribution in [0.15, 0.2) is 10.1 Å². The van der Waals surface area contributed by atoms with Crippen LogP contribution in [0, 0.1) is 46.3 Å². The standard InChI is InChI=1S/C32H56N6O/c1-7-38(28-19-34-21-35-28)32(36-37-33)18-17-31(39)16-13-24-26-12-11-25(23(4)10-8-9-22(2)3)29(26,5)15-14-27(24)30(31,6)20-32/h21-28,39H,7-20H2,1-6H3,(H,34,35)/t23-,24+,25-,26+,27+,28?,29-,30-,31-,32?/m1/s1. The first kappa shape index (κ1) is 29.2. The van der Waals surface area contributed by atoms with E-state index in [4.69, 9.17) is 0 Å². The average molecular weight is 541 g/mol. The SMILES string of the molecule is CCN(C1CNC=N1)C1(N=[N+]=[N-])CC[C@]2(O)CC[C@H]3[C@@H]4CC[C@H]([C@H](C)CCCC(C)C)[C@@]4(C)CC[C@@H]3[C@@]2(C)C1. The van der Waals surface area contributed by atoms with E-state index in [1.165, 1.54) is 44.9 Å². The van der Waals surface area contributed by atoms with E-state index < -0.39 is 11.3 Å². The van der Waals surface area contributed by atoms with Crippen LogP contribution >= 0.6 is 0 Å². The Balaban J connectivity index is 1.40. The number of aliphatic imine (C=N–C) groups is 1. The van der Waals surface area contributed by atoms with Gasteiger partial charge in [-0.1, -0.05) is 65.9 Å². The molecular formula is C32H56N6O. The van der Waals surface area contributed by atoms with E-state index in [0.717, 1.165) is 56.0 Å². The van der Waals surface area contributed by atoms with Gasteiger partial charge < -0.3 is 10.4 Å². The summed E-state index contributed by atoms with van der Waals surface area (Å²) in [4.78, 5) is 10.4. The lowest BCUT2D eigenvalue weighted by atomic mass is 9.42. The molecule has 4 fully saturated rings. The van der Waals surface area contributed by atoms with Crippen molar-refractivity contribution in [3.8, 4) is 0 Å². The van der Waals surface area contributed by atoms with E-state index in [1.807, 2.05) is 0 Å². The second-order valence-corrected chi connectivity index (χ2v) is 15.2. The van der Waals surface area contributed by atoms with Crippen molar-refractivity contribution in [1.29, 1.82) is 0 Å². The fourth-order valence-corrected chi connectivity index (χ4v) is 11.1. The molecule has 5 aliphatic rings. The van der Waals surface area contributed by atoms with Gasteiger partial charge in [-0.2, -0.15) is 0 Å². The van der Waals surface area contributed by atoms with Gasteiger partial charge in [0.25, 0.3) is 0 Å². The zero-order valence-corrected chi connectivity index (χ0v) is 25.7. The molecule has 0 radical (unpaired) electrons. The molecule has 4 saturated carbocycles. The minimum absolute atomic E-state index is 0.0166. The molecule has 39 heavy (non-hydrogen) atoms. The third-order valence-corrected chi connectivity index (χ3v) is 13.1. The van der Waals surface area contributed by atoms with Gasteiger partial charge in [0.2, 0.25) is 0 Å². The van der Waals surface area contributed by atoms with Gasteiger partial charge in [-0.25, -0.2) is 0 Å². The summed E-state index contributed by atoms with van der Waals surface area (Å²) in [5.74, 6) is 4.36. The van der Waals surface area contributed by atoms with Gasteiger partial charge in [0.15, 0.2) is 0 Å². The van der Waals surface area contributed by atoms with Crippen LogP contribution in [0.5, 0.6) is 0 Å². The van der Waals surface area contributed by atoms with Gasteiger partial charge in [0, 0.05) is 10.3 Å². The molecule has 0 aromatic carbocycles. The molecule has 0 aromatic rings. The molecule has 2 unspecified atom stereocenters. The third kappa shape index (κ3) is 4.73. The molecule has 0 spiro atoms. The van der Waals surface area contributed by atoms with Gasteiger partial charge in [-0.3, -0.25) is 9.89 Å². The smallest absolute Gasteiger partial charge is 0.122 e. The summed E-state index contributed by atoms with van der Waals surface area (Å²) in [6.45, 7) is 15.9. The normalized spacial score (nSPS) is 45.8. The fourth-order valence-electron chi connectivity index (χ4n) is 11.1. The lowest BCUT2D eigenvalue weighted by Gasteiger charge is -2.66. The monoisotopic (exact) mass is 540 g/mol. The van der Waals surface area contributed by atoms with E-state index in [0.29, 0.717) is 30.1 Å². The van der Waals surface area contributed by atoms with Crippen molar-refractivity contribution in [2.24, 2.45) is 56.4 Å². The molecule has 0 saturated heterocycles. The van der Waals surface area contributed by atoms with E-state index in [-0.39, 0.29) is 11.6 Å². The second kappa shape index (κ2) is 10.8. The maximum absolute atomic E-state index is 12.3. The predicted octanol–water partition coefficient (Wildman–Crippen LogP) is 7.51. The van der Waals surface area contributed by atoms with Crippen LogP contribution in [0.4, 0.5) is 0 Å². The number of nitrogens with one attached hydrogen (secondary N) is 1. The Morgan fingerprint density at radius 1 is 1.08 bits per heavy atom. The second-order valence-electron chi connectivity index (χ2n) is 15.2. The Morgan fingerprint density at radius 2 is 1.87 bits per heavy atom. The summed E-state index contributed by atoms with van der Waals surface area (Å²) in [7, 11) is 0. The van der Waals surface area contributed by atoms with Gasteiger partial charge >= 0.3 is 0 Å². The van der Waals surface area contributed by atoms with Crippen molar-refractivity contribution in [2.75, 3.05) is 13.1 Å². The summed E-state index contributed by atoms with van der Waals surface area (Å²) in [6, 6.07) is 0. The first-order valence-corrected chi connectivity index (χ1v) is 16.3. The Hall–Kier alpha value is -1.30. The number of rotatable bonds is 9. The quantitative estimate of drug-likeness (QED) is 0.180. The van der Waals surface area contributed by atoms with Gasteiger partial charge in [-0.05, 0) is 111 Å². The Morgan fingerprint density at radius 3 is 2.54 bits per heavy atom. The zero-order chi connectivity index (χ0) is 28.1. The molecule has 1 heterocycles. The topological polar surface area (TPSA) is 96.6 Å². The van der Waals surface area contributed by atoms with Crippen LogP contribution in [0.3, 0.4) is 0 Å². The van der Waals surface area contributed by atoms with Gasteiger partial charge in [0.05, 0.1) is 18.5 Å². The van der Waals surface area contributed by atoms with Crippen LogP contribution < -0.4 is 5.32 Å². The average Bonchev–Trinajstić information content (AvgIpc) is 3.53. The fraction of sp³-hybridized carbons (Fsp3) is 0.969. The minimum Gasteiger partial charge on any atom is -0.389 e. The third-order valence-electron chi connectivity index (χ3n) is 13.1. The molecule has 2 N–H and O–H groups in total. The number of aliphatic hydroxyl groups is 1. The minimum atomic E-state index is -0.671. The maximum atomic E-state index is 12.3. The van der Waals surface area contributed by atoms with Crippen molar-refractivity contribution in [1.82, 2.24) is 10.2 Å². The van der Waals surface area contributed by atoms with E-state index in [9.17, 15) is 10.6 Å². The van der Waals surface area contributed by atoms with Crippen LogP contribution in [0.25, 0.3) is 10.4 Å². The highest BCUT2D eigenvalue weighted by atomic mass is 16.3. The lowest BCUT2D eigenvalue weighted by molar-refractivity contribution is -0.229. The Kier molecular flexibility index (Phi) is 8.11. The Bertz CT molecular complexity index is 964. The molecule has 4 aliphatic carbocycles. The molecule has 7 heteroatoms. The number of likely N-dealkylation sites (N-methyl/N-ethyl adjacent to an activating group) is 1. The van der Waals surface area contributed by atoms with Crippen LogP contribution in [-0.4, -0.2) is 46.9 Å². The first-order chi connectivity index (χ1) is 18.5. The van der Waals surface area contributed by atoms with Crippen molar-refractivity contribution >= 4 is 6.34 Å². The van der Waals surface area contributed by atoms with E-state index in [1.54, 1.807) is 6.34 Å². The number of hydrogen-bond donors (Lipinski definition) is 2. The highest BCUT2D eigenvalue weighted by Gasteiger charge is 2.67. The summed E-state index contributed by atoms with van der Waals surface area (Å²) in [5, 5.41) is 20.1. The van der Waals surface area contributed by atoms with Crippen molar-refractivity contribution in [2.45, 2.75) is 136 Å². The summed E-state index contributed by atoms with van der Waals surface area (Å²) in [5.41, 5.74) is 8.66. The molecule has 7 nitrogen and oxygen atoms in total. The summed E-state index contributed by atoms with van der Waals surface area (Å²) >= 11 is 0. The molecular weight excluding hydrogens is 484 g/mol. The molecule has 0 bridgehead atoms. The van der Waals surface area contributed by atoms with Crippen LogP contribution in [0.1, 0.15) is 119 Å². The van der Waals surface area contributed by atoms with Gasteiger partial charge in [-0.15, -0.1) is 0 Å². The number of fused-ring (bicyclic) bond motifs is 5. The summed E-state index contributed by atoms with van der Waals surface area (Å²) < 4.78 is 0. The highest BCUT2D eigenvalue weighted by Crippen LogP contribution is 2.70. The number of nitrogens with zero attached hydrogens (tertiary/aromatic N) is 5. The number of hydrogen-bond acceptors (Lipinski definition) is 5. The summed E-state index contributed by atoms with van der Waals surface area (Å²) in [6.07, 6.45) is 15.3. The molecule has 1 aliphatic heterocycles. The zero-order valence-electron chi connectivity index (χ0n) is 25.7. The largest absolute Gasteiger partial charge is 0.389 e. The maximum Gasteiger partial charge on any atom is 0.122 e. The van der Waals surface area contributed by atoms with Crippen molar-refractivity contribution in [3.05, 3.63) is 10.4 Å². The van der Waals surface area contributed by atoms with Crippen molar-refractivity contribution in [3.63, 3.8) is 0 Å². The highest BCUT2D eigenvalue weighted by molar-refractivity contribution is 5.57. The lowest BCUT2D eigenvalue weighted by Crippen LogP contribution is -2.68. The Labute approximate surface area is 237 Å². The molecule has 220 valence electrons. The molecule has 0 amide bonds. The van der Waals surface area contributed by atoms with Crippen molar-refractivity contribution < 1.29 is 5.11 Å². The predicted molar refractivity (Wildman–Crippen MR) is 159 cm³/mol. The van der Waals surface area contributed by atoms with Crippen LogP contribution in [0.2, 0.25) is 0 Å². The van der Waals surface area contributed by atoms with Crippen LogP contribution in [-0.2, 0) is 0 Å². The van der Waals surface area contributed by atoms with E-state index in [2.05, 4.69) is 66.8 Å². The van der Waals surface area contributed by atoms with Gasteiger partial charge in [0.1, 0.15) is 11.8 Å². The molecule has 5 rings (SSSR count). The molecule has 0 aromatic heterocycles. The molecule has 10 atom stereocenters. The number of azide groups is 1.